The fourth-order valence-corrected chi connectivity index (χ4v) is 6.11. The minimum absolute atomic E-state index is 0.152. The SMILES string of the molecule is CC1(C)C[C@H]2CC[C@]1(c1ccnc(S(C)(=O)=O)n1)c1nnc(-c3c(F)cccc3F)cc12. The molecule has 2 bridgehead atoms. The summed E-state index contributed by atoms with van der Waals surface area (Å²) in [6.07, 6.45) is 4.90. The lowest BCUT2D eigenvalue weighted by Gasteiger charge is -2.56. The number of halogens is 2. The van der Waals surface area contributed by atoms with Gasteiger partial charge in [0.15, 0.2) is 0 Å². The van der Waals surface area contributed by atoms with Crippen molar-refractivity contribution in [3.63, 3.8) is 0 Å². The molecule has 0 N–H and O–H groups in total. The predicted molar refractivity (Wildman–Crippen MR) is 114 cm³/mol. The molecule has 2 heterocycles. The van der Waals surface area contributed by atoms with Gasteiger partial charge in [0.25, 0.3) is 0 Å². The highest BCUT2D eigenvalue weighted by Gasteiger charge is 2.59. The molecule has 9 heteroatoms. The maximum Gasteiger partial charge on any atom is 0.247 e. The molecule has 6 nitrogen and oxygen atoms in total. The molecule has 1 aromatic carbocycles. The van der Waals surface area contributed by atoms with Gasteiger partial charge in [0.1, 0.15) is 11.6 Å². The summed E-state index contributed by atoms with van der Waals surface area (Å²) >= 11 is 0. The van der Waals surface area contributed by atoms with Crippen LogP contribution in [-0.4, -0.2) is 34.8 Å². The Kier molecular flexibility index (Phi) is 4.50. The van der Waals surface area contributed by atoms with Crippen LogP contribution < -0.4 is 0 Å². The summed E-state index contributed by atoms with van der Waals surface area (Å²) in [6, 6.07) is 7.18. The molecule has 3 aliphatic rings. The number of hydrogen-bond donors (Lipinski definition) is 0. The summed E-state index contributed by atoms with van der Waals surface area (Å²) < 4.78 is 53.0. The van der Waals surface area contributed by atoms with Crippen molar-refractivity contribution in [2.24, 2.45) is 5.41 Å². The average Bonchev–Trinajstić information content (AvgIpc) is 2.73. The first-order valence-electron chi connectivity index (χ1n) is 10.4. The van der Waals surface area contributed by atoms with Crippen molar-refractivity contribution in [1.82, 2.24) is 20.2 Å². The van der Waals surface area contributed by atoms with Gasteiger partial charge in [-0.2, -0.15) is 5.10 Å². The van der Waals surface area contributed by atoms with Gasteiger partial charge >= 0.3 is 0 Å². The number of fused-ring (bicyclic) bond motifs is 2. The van der Waals surface area contributed by atoms with Gasteiger partial charge in [-0.3, -0.25) is 0 Å². The third-order valence-corrected chi connectivity index (χ3v) is 7.93. The zero-order valence-electron chi connectivity index (χ0n) is 17.9. The Morgan fingerprint density at radius 3 is 2.47 bits per heavy atom. The number of hydrogen-bond acceptors (Lipinski definition) is 6. The van der Waals surface area contributed by atoms with Crippen LogP contribution in [0.4, 0.5) is 8.78 Å². The smallest absolute Gasteiger partial charge is 0.227 e. The highest BCUT2D eigenvalue weighted by Crippen LogP contribution is 2.63. The molecule has 0 radical (unpaired) electrons. The summed E-state index contributed by atoms with van der Waals surface area (Å²) in [6.45, 7) is 4.24. The van der Waals surface area contributed by atoms with Crippen LogP contribution in [0.25, 0.3) is 11.3 Å². The van der Waals surface area contributed by atoms with Crippen LogP contribution in [0.5, 0.6) is 0 Å². The largest absolute Gasteiger partial charge is 0.247 e. The van der Waals surface area contributed by atoms with E-state index in [-0.39, 0.29) is 27.7 Å². The molecule has 2 aromatic heterocycles. The van der Waals surface area contributed by atoms with Gasteiger partial charge in [0.2, 0.25) is 15.0 Å². The highest BCUT2D eigenvalue weighted by atomic mass is 32.2. The number of aromatic nitrogens is 4. The fourth-order valence-electron chi connectivity index (χ4n) is 5.59. The molecule has 3 aromatic rings. The van der Waals surface area contributed by atoms with Gasteiger partial charge in [0.05, 0.1) is 28.1 Å². The molecule has 0 spiro atoms. The lowest BCUT2D eigenvalue weighted by atomic mass is 9.47. The molecular formula is C23H22F2N4O2S. The monoisotopic (exact) mass is 456 g/mol. The summed E-state index contributed by atoms with van der Waals surface area (Å²) in [5.41, 5.74) is 1.16. The van der Waals surface area contributed by atoms with Gasteiger partial charge in [-0.25, -0.2) is 27.2 Å². The van der Waals surface area contributed by atoms with Crippen molar-refractivity contribution >= 4 is 9.84 Å². The van der Waals surface area contributed by atoms with Gasteiger partial charge in [-0.15, -0.1) is 5.10 Å². The van der Waals surface area contributed by atoms with Crippen LogP contribution in [-0.2, 0) is 15.3 Å². The summed E-state index contributed by atoms with van der Waals surface area (Å²) in [5, 5.41) is 8.49. The van der Waals surface area contributed by atoms with Crippen molar-refractivity contribution in [2.75, 3.05) is 6.26 Å². The number of rotatable bonds is 3. The van der Waals surface area contributed by atoms with E-state index in [1.165, 1.54) is 24.4 Å². The molecule has 3 aliphatic carbocycles. The number of sulfone groups is 1. The Bertz CT molecular complexity index is 1340. The van der Waals surface area contributed by atoms with Gasteiger partial charge < -0.3 is 0 Å². The van der Waals surface area contributed by atoms with E-state index >= 15 is 0 Å². The van der Waals surface area contributed by atoms with Crippen LogP contribution in [0.1, 0.15) is 56.0 Å². The Morgan fingerprint density at radius 2 is 1.81 bits per heavy atom. The van der Waals surface area contributed by atoms with E-state index in [4.69, 9.17) is 0 Å². The lowest BCUT2D eigenvalue weighted by Crippen LogP contribution is -2.53. The molecule has 0 aliphatic heterocycles. The zero-order chi connectivity index (χ0) is 22.9. The second-order valence-corrected chi connectivity index (χ2v) is 11.3. The number of nitrogens with zero attached hydrogens (tertiary/aromatic N) is 4. The minimum atomic E-state index is -3.59. The first-order valence-corrected chi connectivity index (χ1v) is 12.3. The number of benzene rings is 1. The molecule has 32 heavy (non-hydrogen) atoms. The quantitative estimate of drug-likeness (QED) is 0.549. The third kappa shape index (κ3) is 2.90. The minimum Gasteiger partial charge on any atom is -0.227 e. The van der Waals surface area contributed by atoms with Crippen molar-refractivity contribution < 1.29 is 17.2 Å². The second-order valence-electron chi connectivity index (χ2n) is 9.36. The maximum atomic E-state index is 14.4. The summed E-state index contributed by atoms with van der Waals surface area (Å²) in [4.78, 5) is 8.39. The Morgan fingerprint density at radius 1 is 1.09 bits per heavy atom. The molecule has 0 saturated heterocycles. The van der Waals surface area contributed by atoms with E-state index < -0.39 is 26.9 Å². The molecule has 0 unspecified atom stereocenters. The van der Waals surface area contributed by atoms with E-state index in [1.807, 2.05) is 0 Å². The molecule has 1 fully saturated rings. The second kappa shape index (κ2) is 6.84. The van der Waals surface area contributed by atoms with Crippen LogP contribution >= 0.6 is 0 Å². The first-order chi connectivity index (χ1) is 15.0. The first kappa shape index (κ1) is 21.1. The fraction of sp³-hybridized carbons (Fsp3) is 0.391. The molecule has 166 valence electrons. The van der Waals surface area contributed by atoms with Gasteiger partial charge in [0, 0.05) is 12.5 Å². The molecular weight excluding hydrogens is 434 g/mol. The van der Waals surface area contributed by atoms with E-state index in [2.05, 4.69) is 34.0 Å². The van der Waals surface area contributed by atoms with Crippen LogP contribution in [0, 0.1) is 17.0 Å². The average molecular weight is 457 g/mol. The van der Waals surface area contributed by atoms with Crippen LogP contribution in [0.15, 0.2) is 41.7 Å². The van der Waals surface area contributed by atoms with Crippen molar-refractivity contribution in [1.29, 1.82) is 0 Å². The standard InChI is InChI=1S/C23H22F2N4O2S/c1-22(2)12-13-7-9-23(22,18-8-10-26-21(27-18)32(3,30)31)20-14(13)11-17(28-29-20)19-15(24)5-4-6-16(19)25/h4-6,8,10-11,13H,7,9,12H2,1-3H3/t13-,23+/m1/s1. The Labute approximate surface area is 185 Å². The maximum absolute atomic E-state index is 14.4. The zero-order valence-corrected chi connectivity index (χ0v) is 18.7. The molecule has 1 saturated carbocycles. The van der Waals surface area contributed by atoms with Gasteiger partial charge in [-0.1, -0.05) is 19.9 Å². The van der Waals surface area contributed by atoms with Crippen LogP contribution in [0.3, 0.4) is 0 Å². The van der Waals surface area contributed by atoms with Crippen LogP contribution in [0.2, 0.25) is 0 Å². The molecule has 2 atom stereocenters. The van der Waals surface area contributed by atoms with Gasteiger partial charge in [-0.05, 0) is 60.4 Å². The highest BCUT2D eigenvalue weighted by molar-refractivity contribution is 7.90. The predicted octanol–water partition coefficient (Wildman–Crippen LogP) is 4.21. The Balaban J connectivity index is 1.75. The van der Waals surface area contributed by atoms with Crippen molar-refractivity contribution in [3.8, 4) is 11.3 Å². The molecule has 6 rings (SSSR count). The van der Waals surface area contributed by atoms with E-state index in [0.29, 0.717) is 11.4 Å². The summed E-state index contributed by atoms with van der Waals surface area (Å²) in [5.74, 6) is -1.21. The third-order valence-electron chi connectivity index (χ3n) is 7.07. The lowest BCUT2D eigenvalue weighted by molar-refractivity contribution is 0.0804. The van der Waals surface area contributed by atoms with E-state index in [0.717, 1.165) is 31.1 Å². The van der Waals surface area contributed by atoms with E-state index in [9.17, 15) is 17.2 Å². The van der Waals surface area contributed by atoms with Crippen molar-refractivity contribution in [2.45, 2.75) is 49.6 Å². The van der Waals surface area contributed by atoms with Crippen molar-refractivity contribution in [3.05, 3.63) is 65.1 Å². The summed E-state index contributed by atoms with van der Waals surface area (Å²) in [7, 11) is -3.59. The topological polar surface area (TPSA) is 85.7 Å². The molecule has 0 amide bonds. The Hall–Kier alpha value is -2.81. The normalized spacial score (nSPS) is 23.7. The van der Waals surface area contributed by atoms with E-state index in [1.54, 1.807) is 12.1 Å².